The van der Waals surface area contributed by atoms with Gasteiger partial charge in [0.2, 0.25) is 5.91 Å². The number of aromatic carboxylic acids is 1. The Balaban J connectivity index is 1.61. The maximum absolute atomic E-state index is 13.1. The van der Waals surface area contributed by atoms with Crippen LogP contribution in [0.25, 0.3) is 22.3 Å². The van der Waals surface area contributed by atoms with Crippen molar-refractivity contribution in [2.24, 2.45) is 0 Å². The van der Waals surface area contributed by atoms with Crippen molar-refractivity contribution in [3.8, 4) is 11.3 Å². The molecule has 0 aliphatic carbocycles. The van der Waals surface area contributed by atoms with Gasteiger partial charge in [-0.2, -0.15) is 0 Å². The molecule has 0 saturated heterocycles. The fourth-order valence-electron chi connectivity index (χ4n) is 4.63. The number of hydrogen-bond donors (Lipinski definition) is 2. The highest BCUT2D eigenvalue weighted by molar-refractivity contribution is 6.01. The second-order valence-electron chi connectivity index (χ2n) is 8.90. The molecule has 4 aromatic rings. The summed E-state index contributed by atoms with van der Waals surface area (Å²) in [6.45, 7) is 3.80. The Morgan fingerprint density at radius 1 is 1.09 bits per heavy atom. The van der Waals surface area contributed by atoms with Crippen molar-refractivity contribution in [3.05, 3.63) is 93.1 Å². The molecule has 1 aliphatic rings. The van der Waals surface area contributed by atoms with E-state index in [9.17, 15) is 19.5 Å². The number of aryl methyl sites for hydroxylation is 1. The lowest BCUT2D eigenvalue weighted by Crippen LogP contribution is -2.20. The van der Waals surface area contributed by atoms with Crippen molar-refractivity contribution in [2.45, 2.75) is 26.3 Å². The van der Waals surface area contributed by atoms with Crippen LogP contribution in [0.15, 0.2) is 69.9 Å². The molecule has 3 aromatic carbocycles. The Morgan fingerprint density at radius 3 is 2.63 bits per heavy atom. The number of nitrogens with one attached hydrogen (secondary N) is 1. The highest BCUT2D eigenvalue weighted by atomic mass is 16.4. The van der Waals surface area contributed by atoms with Crippen molar-refractivity contribution in [1.29, 1.82) is 0 Å². The highest BCUT2D eigenvalue weighted by Crippen LogP contribution is 2.34. The highest BCUT2D eigenvalue weighted by Gasteiger charge is 2.25. The second-order valence-corrected chi connectivity index (χ2v) is 8.90. The molecule has 2 N–H and O–H groups in total. The van der Waals surface area contributed by atoms with E-state index >= 15 is 0 Å². The maximum Gasteiger partial charge on any atom is 0.337 e. The van der Waals surface area contributed by atoms with E-state index in [-0.39, 0.29) is 22.9 Å². The largest absolute Gasteiger partial charge is 0.478 e. The summed E-state index contributed by atoms with van der Waals surface area (Å²) in [4.78, 5) is 38.5. The van der Waals surface area contributed by atoms with Gasteiger partial charge in [-0.25, -0.2) is 4.79 Å². The summed E-state index contributed by atoms with van der Waals surface area (Å²) >= 11 is 0. The zero-order valence-electron chi connectivity index (χ0n) is 19.6. The molecular formula is C28H24N2O5. The van der Waals surface area contributed by atoms with Crippen LogP contribution in [-0.4, -0.2) is 24.0 Å². The van der Waals surface area contributed by atoms with Gasteiger partial charge in [-0.15, -0.1) is 0 Å². The van der Waals surface area contributed by atoms with E-state index in [0.717, 1.165) is 22.4 Å². The Morgan fingerprint density at radius 2 is 1.86 bits per heavy atom. The fourth-order valence-corrected chi connectivity index (χ4v) is 4.63. The van der Waals surface area contributed by atoms with E-state index in [1.807, 2.05) is 38.1 Å². The van der Waals surface area contributed by atoms with Gasteiger partial charge in [0.05, 0.1) is 23.4 Å². The predicted molar refractivity (Wildman–Crippen MR) is 135 cm³/mol. The van der Waals surface area contributed by atoms with Crippen LogP contribution in [0, 0.1) is 6.92 Å². The normalized spacial score (nSPS) is 13.7. The molecule has 7 nitrogen and oxygen atoms in total. The summed E-state index contributed by atoms with van der Waals surface area (Å²) in [5.74, 6) is -0.587. The van der Waals surface area contributed by atoms with Gasteiger partial charge in [0.1, 0.15) is 11.3 Å². The number of rotatable bonds is 5. The molecule has 1 atom stereocenters. The van der Waals surface area contributed by atoms with Crippen LogP contribution in [0.3, 0.4) is 0 Å². The number of nitrogens with zero attached hydrogens (tertiary/aromatic N) is 1. The van der Waals surface area contributed by atoms with Crippen LogP contribution in [0.5, 0.6) is 0 Å². The number of carbonyl (C=O) groups is 2. The van der Waals surface area contributed by atoms with E-state index in [1.54, 1.807) is 42.3 Å². The molecule has 2 heterocycles. The average molecular weight is 469 g/mol. The SMILES string of the molecule is Cc1cc(C(C)Nc2ccccc2C(=O)O)c2oc(-c3ccc4c(c3)CC(=O)N4C)cc(=O)c2c1. The molecule has 176 valence electrons. The third kappa shape index (κ3) is 3.95. The first kappa shape index (κ1) is 22.4. The van der Waals surface area contributed by atoms with Gasteiger partial charge >= 0.3 is 5.97 Å². The lowest BCUT2D eigenvalue weighted by molar-refractivity contribution is -0.117. The number of anilines is 2. The van der Waals surface area contributed by atoms with Gasteiger partial charge in [0.25, 0.3) is 0 Å². The third-order valence-electron chi connectivity index (χ3n) is 6.44. The zero-order valence-corrected chi connectivity index (χ0v) is 19.6. The van der Waals surface area contributed by atoms with E-state index in [1.165, 1.54) is 6.07 Å². The summed E-state index contributed by atoms with van der Waals surface area (Å²) in [7, 11) is 1.75. The number of benzene rings is 3. The van der Waals surface area contributed by atoms with Crippen molar-refractivity contribution >= 4 is 34.2 Å². The van der Waals surface area contributed by atoms with Crippen LogP contribution in [-0.2, 0) is 11.2 Å². The smallest absolute Gasteiger partial charge is 0.337 e. The Labute approximate surface area is 201 Å². The van der Waals surface area contributed by atoms with Crippen LogP contribution in [0.1, 0.15) is 40.0 Å². The zero-order chi connectivity index (χ0) is 24.9. The van der Waals surface area contributed by atoms with Crippen LogP contribution in [0.2, 0.25) is 0 Å². The van der Waals surface area contributed by atoms with E-state index in [2.05, 4.69) is 5.32 Å². The summed E-state index contributed by atoms with van der Waals surface area (Å²) in [5.41, 5.74) is 5.02. The minimum Gasteiger partial charge on any atom is -0.478 e. The molecule has 7 heteroatoms. The van der Waals surface area contributed by atoms with Gasteiger partial charge in [-0.05, 0) is 61.4 Å². The number of carboxylic acid groups (broad SMARTS) is 1. The molecule has 5 rings (SSSR count). The number of likely N-dealkylation sites (N-methyl/N-ethyl adjacent to an activating group) is 1. The predicted octanol–water partition coefficient (Wildman–Crippen LogP) is 5.16. The third-order valence-corrected chi connectivity index (χ3v) is 6.44. The minimum absolute atomic E-state index is 0.0245. The molecule has 0 saturated carbocycles. The topological polar surface area (TPSA) is 99.8 Å². The van der Waals surface area contributed by atoms with Crippen LogP contribution in [0.4, 0.5) is 11.4 Å². The fraction of sp³-hybridized carbons (Fsp3) is 0.179. The molecule has 0 spiro atoms. The van der Waals surface area contributed by atoms with E-state index < -0.39 is 5.97 Å². The molecule has 0 radical (unpaired) electrons. The number of amides is 1. The maximum atomic E-state index is 13.1. The first-order valence-electron chi connectivity index (χ1n) is 11.3. The number of carboxylic acids is 1. The number of para-hydroxylation sites is 1. The quantitative estimate of drug-likeness (QED) is 0.420. The Hall–Kier alpha value is -4.39. The van der Waals surface area contributed by atoms with E-state index in [4.69, 9.17) is 4.42 Å². The summed E-state index contributed by atoms with van der Waals surface area (Å²) < 4.78 is 6.31. The molecule has 1 amide bonds. The first-order chi connectivity index (χ1) is 16.7. The summed E-state index contributed by atoms with van der Waals surface area (Å²) in [6, 6.07) is 17.2. The molecule has 1 unspecified atom stereocenters. The van der Waals surface area contributed by atoms with E-state index in [0.29, 0.717) is 34.4 Å². The molecule has 1 aliphatic heterocycles. The molecule has 0 bridgehead atoms. The van der Waals surface area contributed by atoms with Gasteiger partial charge in [-0.1, -0.05) is 18.2 Å². The lowest BCUT2D eigenvalue weighted by Gasteiger charge is -2.19. The summed E-state index contributed by atoms with van der Waals surface area (Å²) in [6.07, 6.45) is 0.311. The second kappa shape index (κ2) is 8.43. The Bertz CT molecular complexity index is 1570. The first-order valence-corrected chi connectivity index (χ1v) is 11.3. The van der Waals surface area contributed by atoms with Crippen LogP contribution < -0.4 is 15.6 Å². The average Bonchev–Trinajstić information content (AvgIpc) is 3.11. The van der Waals surface area contributed by atoms with Crippen molar-refractivity contribution in [2.75, 3.05) is 17.3 Å². The number of carbonyl (C=O) groups excluding carboxylic acids is 1. The number of hydrogen-bond acceptors (Lipinski definition) is 5. The monoisotopic (exact) mass is 468 g/mol. The lowest BCUT2D eigenvalue weighted by atomic mass is 10.00. The standard InChI is InChI=1S/C28H24N2O5/c1-15-10-20(16(2)29-22-7-5-4-6-19(22)28(33)34)27-21(11-15)24(31)14-25(35-27)17-8-9-23-18(12-17)13-26(32)30(23)3/h4-12,14,16,29H,13H2,1-3H3,(H,33,34). The van der Waals surface area contributed by atoms with Gasteiger partial charge in [-0.3, -0.25) is 9.59 Å². The van der Waals surface area contributed by atoms with Crippen molar-refractivity contribution in [3.63, 3.8) is 0 Å². The van der Waals surface area contributed by atoms with Crippen LogP contribution >= 0.6 is 0 Å². The van der Waals surface area contributed by atoms with Gasteiger partial charge in [0, 0.05) is 35.6 Å². The molecule has 35 heavy (non-hydrogen) atoms. The van der Waals surface area contributed by atoms with Crippen molar-refractivity contribution < 1.29 is 19.1 Å². The molecule has 1 aromatic heterocycles. The van der Waals surface area contributed by atoms with Gasteiger partial charge in [0.15, 0.2) is 5.43 Å². The number of fused-ring (bicyclic) bond motifs is 2. The minimum atomic E-state index is -1.02. The Kier molecular flexibility index (Phi) is 5.40. The van der Waals surface area contributed by atoms with Gasteiger partial charge < -0.3 is 19.7 Å². The summed E-state index contributed by atoms with van der Waals surface area (Å²) in [5, 5.41) is 13.3. The van der Waals surface area contributed by atoms with Crippen molar-refractivity contribution in [1.82, 2.24) is 0 Å². The molecule has 0 fully saturated rings. The molecular weight excluding hydrogens is 444 g/mol.